The number of hydrogen-bond acceptors (Lipinski definition) is 7. The quantitative estimate of drug-likeness (QED) is 0.332. The third-order valence-electron chi connectivity index (χ3n) is 4.12. The highest BCUT2D eigenvalue weighted by Gasteiger charge is 2.20. The van der Waals surface area contributed by atoms with Gasteiger partial charge in [-0.15, -0.1) is 16.7 Å². The van der Waals surface area contributed by atoms with Gasteiger partial charge in [-0.25, -0.2) is 0 Å². The molecule has 7 heteroatoms. The highest BCUT2D eigenvalue weighted by Crippen LogP contribution is 2.28. The van der Waals surface area contributed by atoms with Crippen molar-refractivity contribution in [1.82, 2.24) is 15.0 Å². The first-order valence-electron chi connectivity index (χ1n) is 9.23. The van der Waals surface area contributed by atoms with Crippen LogP contribution in [0.3, 0.4) is 0 Å². The summed E-state index contributed by atoms with van der Waals surface area (Å²) in [5.41, 5.74) is 0. The molecule has 24 heavy (non-hydrogen) atoms. The third-order valence-corrected chi connectivity index (χ3v) is 5.14. The van der Waals surface area contributed by atoms with Crippen molar-refractivity contribution in [3.8, 4) is 0 Å². The van der Waals surface area contributed by atoms with Crippen molar-refractivity contribution in [2.75, 3.05) is 25.4 Å². The average Bonchev–Trinajstić information content (AvgIpc) is 3.07. The summed E-state index contributed by atoms with van der Waals surface area (Å²) in [6.07, 6.45) is 8.21. The van der Waals surface area contributed by atoms with Crippen molar-refractivity contribution < 1.29 is 4.52 Å². The minimum atomic E-state index is -0.591. The van der Waals surface area contributed by atoms with E-state index < -0.39 is 5.37 Å². The zero-order chi connectivity index (χ0) is 17.6. The van der Waals surface area contributed by atoms with Gasteiger partial charge in [-0.05, 0) is 24.7 Å². The van der Waals surface area contributed by atoms with Crippen LogP contribution in [0.5, 0.6) is 0 Å². The fraction of sp³-hybridized carbons (Fsp3) is 0.882. The van der Waals surface area contributed by atoms with Crippen molar-refractivity contribution in [2.24, 2.45) is 5.18 Å². The van der Waals surface area contributed by atoms with Gasteiger partial charge in [0.25, 0.3) is 5.89 Å². The van der Waals surface area contributed by atoms with Crippen LogP contribution in [0.2, 0.25) is 0 Å². The lowest BCUT2D eigenvalue weighted by Gasteiger charge is -2.17. The maximum atomic E-state index is 11.1. The van der Waals surface area contributed by atoms with Gasteiger partial charge in [0.05, 0.1) is 0 Å². The number of aromatic nitrogens is 2. The molecule has 0 radical (unpaired) electrons. The summed E-state index contributed by atoms with van der Waals surface area (Å²) in [7, 11) is 0. The van der Waals surface area contributed by atoms with Crippen molar-refractivity contribution in [2.45, 2.75) is 71.1 Å². The standard InChI is InChI=1S/C17H32N4O2S/c1-4-7-8-9-10-11-12-15-18-16(23-20-15)17(19-22)24-14-13-21(5-2)6-3/h17H,4-14H2,1-3H3. The first kappa shape index (κ1) is 21.1. The van der Waals surface area contributed by atoms with Gasteiger partial charge in [-0.1, -0.05) is 58.0 Å². The molecule has 0 saturated carbocycles. The molecular weight excluding hydrogens is 324 g/mol. The molecule has 1 unspecified atom stereocenters. The molecule has 1 rings (SSSR count). The van der Waals surface area contributed by atoms with Crippen molar-refractivity contribution >= 4 is 11.8 Å². The van der Waals surface area contributed by atoms with E-state index in [9.17, 15) is 4.91 Å². The molecule has 6 nitrogen and oxygen atoms in total. The molecular formula is C17H32N4O2S. The molecule has 1 aromatic heterocycles. The number of rotatable bonds is 15. The molecule has 0 amide bonds. The topological polar surface area (TPSA) is 71.6 Å². The zero-order valence-corrected chi connectivity index (χ0v) is 16.2. The van der Waals surface area contributed by atoms with Gasteiger partial charge in [0.2, 0.25) is 5.37 Å². The van der Waals surface area contributed by atoms with Crippen LogP contribution in [-0.2, 0) is 6.42 Å². The Morgan fingerprint density at radius 1 is 1.12 bits per heavy atom. The van der Waals surface area contributed by atoms with Crippen LogP contribution in [-0.4, -0.2) is 40.4 Å². The second-order valence-corrected chi connectivity index (χ2v) is 7.11. The summed E-state index contributed by atoms with van der Waals surface area (Å²) >= 11 is 1.47. The SMILES string of the molecule is CCCCCCCCc1noc(C(N=O)SCCN(CC)CC)n1. The van der Waals surface area contributed by atoms with E-state index in [1.807, 2.05) is 0 Å². The highest BCUT2D eigenvalue weighted by molar-refractivity contribution is 7.99. The number of aryl methyl sites for hydroxylation is 1. The molecule has 0 fully saturated rings. The van der Waals surface area contributed by atoms with Crippen molar-refractivity contribution in [3.05, 3.63) is 16.6 Å². The maximum absolute atomic E-state index is 11.1. The van der Waals surface area contributed by atoms with Crippen molar-refractivity contribution in [1.29, 1.82) is 0 Å². The Balaban J connectivity index is 2.32. The normalized spacial score (nSPS) is 12.7. The summed E-state index contributed by atoms with van der Waals surface area (Å²) in [6, 6.07) is 0. The molecule has 0 saturated heterocycles. The van der Waals surface area contributed by atoms with Crippen LogP contribution >= 0.6 is 11.8 Å². The minimum Gasteiger partial charge on any atom is -0.336 e. The number of hydrogen-bond donors (Lipinski definition) is 0. The molecule has 0 bridgehead atoms. The lowest BCUT2D eigenvalue weighted by molar-refractivity contribution is 0.323. The van der Waals surface area contributed by atoms with E-state index in [1.165, 1.54) is 43.9 Å². The Bertz CT molecular complexity index is 438. The van der Waals surface area contributed by atoms with Gasteiger partial charge in [-0.2, -0.15) is 4.98 Å². The molecule has 1 atom stereocenters. The lowest BCUT2D eigenvalue weighted by Crippen LogP contribution is -2.25. The molecule has 1 heterocycles. The van der Waals surface area contributed by atoms with Gasteiger partial charge < -0.3 is 9.42 Å². The summed E-state index contributed by atoms with van der Waals surface area (Å²) in [5.74, 6) is 1.86. The smallest absolute Gasteiger partial charge is 0.265 e. The minimum absolute atomic E-state index is 0.343. The van der Waals surface area contributed by atoms with E-state index in [1.54, 1.807) is 0 Å². The predicted octanol–water partition coefficient (Wildman–Crippen LogP) is 4.81. The van der Waals surface area contributed by atoms with E-state index in [0.29, 0.717) is 11.7 Å². The number of thioether (sulfide) groups is 1. The predicted molar refractivity (Wildman–Crippen MR) is 100 cm³/mol. The monoisotopic (exact) mass is 356 g/mol. The van der Waals surface area contributed by atoms with E-state index in [2.05, 4.69) is 41.0 Å². The molecule has 0 aliphatic heterocycles. The second-order valence-electron chi connectivity index (χ2n) is 5.92. The van der Waals surface area contributed by atoms with Crippen LogP contribution < -0.4 is 0 Å². The number of unbranched alkanes of at least 4 members (excludes halogenated alkanes) is 5. The number of nitroso groups, excluding NO2 is 1. The molecule has 0 spiro atoms. The Kier molecular flexibility index (Phi) is 11.7. The molecule has 1 aromatic rings. The van der Waals surface area contributed by atoms with Gasteiger partial charge in [0.15, 0.2) is 5.82 Å². The summed E-state index contributed by atoms with van der Waals surface area (Å²) in [6.45, 7) is 9.45. The van der Waals surface area contributed by atoms with E-state index >= 15 is 0 Å². The molecule has 0 aliphatic rings. The first-order valence-corrected chi connectivity index (χ1v) is 10.3. The maximum Gasteiger partial charge on any atom is 0.265 e. The Hall–Kier alpha value is -0.950. The fourth-order valence-electron chi connectivity index (χ4n) is 2.51. The van der Waals surface area contributed by atoms with Gasteiger partial charge in [0, 0.05) is 18.7 Å². The van der Waals surface area contributed by atoms with Gasteiger partial charge in [-0.3, -0.25) is 0 Å². The lowest BCUT2D eigenvalue weighted by atomic mass is 10.1. The van der Waals surface area contributed by atoms with Crippen LogP contribution in [0, 0.1) is 4.91 Å². The third kappa shape index (κ3) is 8.24. The molecule has 138 valence electrons. The fourth-order valence-corrected chi connectivity index (χ4v) is 3.40. The average molecular weight is 357 g/mol. The van der Waals surface area contributed by atoms with Crippen LogP contribution in [0.15, 0.2) is 9.70 Å². The first-order chi connectivity index (χ1) is 11.7. The Labute approximate surface area is 150 Å². The highest BCUT2D eigenvalue weighted by atomic mass is 32.2. The van der Waals surface area contributed by atoms with Crippen LogP contribution in [0.25, 0.3) is 0 Å². The van der Waals surface area contributed by atoms with Gasteiger partial charge in [0.1, 0.15) is 0 Å². The molecule has 0 aromatic carbocycles. The molecule has 0 aliphatic carbocycles. The van der Waals surface area contributed by atoms with E-state index in [-0.39, 0.29) is 0 Å². The van der Waals surface area contributed by atoms with Crippen LogP contribution in [0.4, 0.5) is 0 Å². The Morgan fingerprint density at radius 3 is 2.50 bits per heavy atom. The Morgan fingerprint density at radius 2 is 1.83 bits per heavy atom. The number of nitrogens with zero attached hydrogens (tertiary/aromatic N) is 4. The second kappa shape index (κ2) is 13.4. The largest absolute Gasteiger partial charge is 0.336 e. The van der Waals surface area contributed by atoms with Crippen molar-refractivity contribution in [3.63, 3.8) is 0 Å². The van der Waals surface area contributed by atoms with E-state index in [0.717, 1.165) is 38.2 Å². The molecule has 0 N–H and O–H groups in total. The summed E-state index contributed by atoms with van der Waals surface area (Å²) in [5, 5.41) is 6.54. The summed E-state index contributed by atoms with van der Waals surface area (Å²) < 4.78 is 5.23. The van der Waals surface area contributed by atoms with Gasteiger partial charge >= 0.3 is 0 Å². The van der Waals surface area contributed by atoms with Crippen LogP contribution in [0.1, 0.15) is 76.4 Å². The zero-order valence-electron chi connectivity index (χ0n) is 15.4. The summed E-state index contributed by atoms with van der Waals surface area (Å²) in [4.78, 5) is 17.7. The van der Waals surface area contributed by atoms with E-state index in [4.69, 9.17) is 4.52 Å².